The van der Waals surface area contributed by atoms with Crippen molar-refractivity contribution in [2.75, 3.05) is 29.0 Å². The largest absolute Gasteiger partial charge is 0.465 e. The molecule has 1 aliphatic heterocycles. The third-order valence-electron chi connectivity index (χ3n) is 3.25. The SMILES string of the molecule is Cc1ccc(CNc2nc(N)nc(N3CCCC3)n2)o1. The molecule has 3 rings (SSSR count). The Hall–Kier alpha value is -2.31. The molecule has 7 nitrogen and oxygen atoms in total. The molecule has 106 valence electrons. The molecule has 0 radical (unpaired) electrons. The lowest BCUT2D eigenvalue weighted by Gasteiger charge is -2.15. The molecule has 2 aromatic rings. The van der Waals surface area contributed by atoms with Gasteiger partial charge in [0.05, 0.1) is 6.54 Å². The van der Waals surface area contributed by atoms with Crippen LogP contribution in [0.4, 0.5) is 17.8 Å². The Labute approximate surface area is 117 Å². The van der Waals surface area contributed by atoms with Gasteiger partial charge < -0.3 is 20.4 Å². The first-order valence-electron chi connectivity index (χ1n) is 6.76. The van der Waals surface area contributed by atoms with Crippen molar-refractivity contribution in [3.63, 3.8) is 0 Å². The maximum atomic E-state index is 5.75. The lowest BCUT2D eigenvalue weighted by molar-refractivity contribution is 0.490. The first kappa shape index (κ1) is 12.7. The van der Waals surface area contributed by atoms with E-state index < -0.39 is 0 Å². The van der Waals surface area contributed by atoms with Gasteiger partial charge >= 0.3 is 0 Å². The quantitative estimate of drug-likeness (QED) is 0.874. The van der Waals surface area contributed by atoms with E-state index in [1.807, 2.05) is 19.1 Å². The first-order chi connectivity index (χ1) is 9.70. The number of furan rings is 1. The van der Waals surface area contributed by atoms with Gasteiger partial charge in [-0.3, -0.25) is 0 Å². The number of aryl methyl sites for hydroxylation is 1. The topological polar surface area (TPSA) is 93.1 Å². The maximum Gasteiger partial charge on any atom is 0.231 e. The fourth-order valence-corrected chi connectivity index (χ4v) is 2.26. The van der Waals surface area contributed by atoms with Crippen LogP contribution >= 0.6 is 0 Å². The molecule has 1 saturated heterocycles. The van der Waals surface area contributed by atoms with Crippen LogP contribution in [0.15, 0.2) is 16.5 Å². The number of rotatable bonds is 4. The minimum absolute atomic E-state index is 0.236. The van der Waals surface area contributed by atoms with Gasteiger partial charge in [-0.15, -0.1) is 0 Å². The third-order valence-corrected chi connectivity index (χ3v) is 3.25. The van der Waals surface area contributed by atoms with Gasteiger partial charge in [-0.05, 0) is 31.9 Å². The lowest BCUT2D eigenvalue weighted by atomic mass is 10.4. The summed E-state index contributed by atoms with van der Waals surface area (Å²) >= 11 is 0. The summed E-state index contributed by atoms with van der Waals surface area (Å²) in [5, 5.41) is 3.12. The van der Waals surface area contributed by atoms with Crippen LogP contribution < -0.4 is 16.0 Å². The average Bonchev–Trinajstić information content (AvgIpc) is 3.07. The third kappa shape index (κ3) is 2.81. The Bertz CT molecular complexity index is 590. The highest BCUT2D eigenvalue weighted by Gasteiger charge is 2.16. The van der Waals surface area contributed by atoms with E-state index in [1.165, 1.54) is 12.8 Å². The standard InChI is InChI=1S/C13H18N6O/c1-9-4-5-10(20-9)8-15-12-16-11(14)17-13(18-12)19-6-2-3-7-19/h4-5H,2-3,6-8H2,1H3,(H3,14,15,16,17,18). The zero-order chi connectivity index (χ0) is 13.9. The summed E-state index contributed by atoms with van der Waals surface area (Å²) in [5.41, 5.74) is 5.75. The van der Waals surface area contributed by atoms with Crippen molar-refractivity contribution in [3.05, 3.63) is 23.7 Å². The normalized spacial score (nSPS) is 14.8. The van der Waals surface area contributed by atoms with Crippen molar-refractivity contribution in [2.24, 2.45) is 0 Å². The second-order valence-corrected chi connectivity index (χ2v) is 4.88. The summed E-state index contributed by atoms with van der Waals surface area (Å²) in [5.74, 6) is 3.08. The highest BCUT2D eigenvalue weighted by molar-refractivity contribution is 5.42. The van der Waals surface area contributed by atoms with Crippen molar-refractivity contribution < 1.29 is 4.42 Å². The molecule has 0 atom stereocenters. The first-order valence-corrected chi connectivity index (χ1v) is 6.76. The van der Waals surface area contributed by atoms with Crippen molar-refractivity contribution in [2.45, 2.75) is 26.3 Å². The fourth-order valence-electron chi connectivity index (χ4n) is 2.26. The van der Waals surface area contributed by atoms with E-state index in [-0.39, 0.29) is 5.95 Å². The Morgan fingerprint density at radius 2 is 2.05 bits per heavy atom. The van der Waals surface area contributed by atoms with Gasteiger partial charge in [0.1, 0.15) is 11.5 Å². The van der Waals surface area contributed by atoms with E-state index in [0.29, 0.717) is 18.4 Å². The summed E-state index contributed by atoms with van der Waals surface area (Å²) in [4.78, 5) is 14.8. The van der Waals surface area contributed by atoms with Gasteiger partial charge in [-0.25, -0.2) is 0 Å². The minimum Gasteiger partial charge on any atom is -0.465 e. The summed E-state index contributed by atoms with van der Waals surface area (Å²) < 4.78 is 5.49. The summed E-state index contributed by atoms with van der Waals surface area (Å²) in [6.45, 7) is 4.38. The average molecular weight is 274 g/mol. The second kappa shape index (κ2) is 5.36. The second-order valence-electron chi connectivity index (χ2n) is 4.88. The van der Waals surface area contributed by atoms with Crippen LogP contribution in [0.5, 0.6) is 0 Å². The maximum absolute atomic E-state index is 5.75. The summed E-state index contributed by atoms with van der Waals surface area (Å²) in [6, 6.07) is 3.85. The number of hydrogen-bond acceptors (Lipinski definition) is 7. The Kier molecular flexibility index (Phi) is 3.41. The van der Waals surface area contributed by atoms with Gasteiger partial charge in [0, 0.05) is 13.1 Å². The number of nitrogens with two attached hydrogens (primary N) is 1. The van der Waals surface area contributed by atoms with Crippen LogP contribution in [0.2, 0.25) is 0 Å². The van der Waals surface area contributed by atoms with Crippen LogP contribution in [0.3, 0.4) is 0 Å². The van der Waals surface area contributed by atoms with E-state index in [9.17, 15) is 0 Å². The van der Waals surface area contributed by atoms with Crippen LogP contribution in [-0.4, -0.2) is 28.0 Å². The minimum atomic E-state index is 0.236. The smallest absolute Gasteiger partial charge is 0.231 e. The molecule has 0 bridgehead atoms. The molecular formula is C13H18N6O. The molecular weight excluding hydrogens is 256 g/mol. The van der Waals surface area contributed by atoms with E-state index in [1.54, 1.807) is 0 Å². The van der Waals surface area contributed by atoms with Crippen LogP contribution in [0, 0.1) is 6.92 Å². The van der Waals surface area contributed by atoms with Gasteiger partial charge in [-0.1, -0.05) is 0 Å². The zero-order valence-corrected chi connectivity index (χ0v) is 11.5. The van der Waals surface area contributed by atoms with Crippen LogP contribution in [0.1, 0.15) is 24.4 Å². The number of hydrogen-bond donors (Lipinski definition) is 2. The number of nitrogens with zero attached hydrogens (tertiary/aromatic N) is 4. The molecule has 0 amide bonds. The Morgan fingerprint density at radius 3 is 2.75 bits per heavy atom. The number of aromatic nitrogens is 3. The van der Waals surface area contributed by atoms with Crippen molar-refractivity contribution >= 4 is 17.8 Å². The van der Waals surface area contributed by atoms with Gasteiger partial charge in [0.2, 0.25) is 17.8 Å². The molecule has 0 spiro atoms. The number of nitrogens with one attached hydrogen (secondary N) is 1. The Morgan fingerprint density at radius 1 is 1.25 bits per heavy atom. The predicted octanol–water partition coefficient (Wildman–Crippen LogP) is 1.57. The predicted molar refractivity (Wildman–Crippen MR) is 76.5 cm³/mol. The molecule has 0 unspecified atom stereocenters. The number of nitrogen functional groups attached to an aromatic ring is 1. The Balaban J connectivity index is 1.72. The molecule has 0 aromatic carbocycles. The fraction of sp³-hybridized carbons (Fsp3) is 0.462. The van der Waals surface area contributed by atoms with E-state index in [4.69, 9.17) is 10.2 Å². The highest BCUT2D eigenvalue weighted by Crippen LogP contribution is 2.18. The van der Waals surface area contributed by atoms with E-state index in [2.05, 4.69) is 25.2 Å². The molecule has 2 aromatic heterocycles. The van der Waals surface area contributed by atoms with Crippen molar-refractivity contribution in [1.82, 2.24) is 15.0 Å². The molecule has 0 saturated carbocycles. The van der Waals surface area contributed by atoms with Crippen LogP contribution in [0.25, 0.3) is 0 Å². The summed E-state index contributed by atoms with van der Waals surface area (Å²) in [6.07, 6.45) is 2.33. The van der Waals surface area contributed by atoms with Crippen molar-refractivity contribution in [1.29, 1.82) is 0 Å². The molecule has 0 aliphatic carbocycles. The lowest BCUT2D eigenvalue weighted by Crippen LogP contribution is -2.22. The molecule has 3 N–H and O–H groups in total. The zero-order valence-electron chi connectivity index (χ0n) is 11.5. The highest BCUT2D eigenvalue weighted by atomic mass is 16.3. The molecule has 1 fully saturated rings. The summed E-state index contributed by atoms with van der Waals surface area (Å²) in [7, 11) is 0. The molecule has 3 heterocycles. The number of anilines is 3. The molecule has 20 heavy (non-hydrogen) atoms. The van der Waals surface area contributed by atoms with Crippen molar-refractivity contribution in [3.8, 4) is 0 Å². The van der Waals surface area contributed by atoms with Gasteiger partial charge in [0.15, 0.2) is 0 Å². The van der Waals surface area contributed by atoms with Crippen LogP contribution in [-0.2, 0) is 6.54 Å². The van der Waals surface area contributed by atoms with Gasteiger partial charge in [0.25, 0.3) is 0 Å². The molecule has 7 heteroatoms. The molecule has 1 aliphatic rings. The monoisotopic (exact) mass is 274 g/mol. The van der Waals surface area contributed by atoms with E-state index >= 15 is 0 Å². The van der Waals surface area contributed by atoms with Gasteiger partial charge in [-0.2, -0.15) is 15.0 Å². The van der Waals surface area contributed by atoms with E-state index in [0.717, 1.165) is 24.6 Å².